The largest absolute Gasteiger partial charge is 0.472 e. The third-order valence-electron chi connectivity index (χ3n) is 7.23. The van der Waals surface area contributed by atoms with E-state index in [0.717, 1.165) is 22.3 Å². The predicted octanol–water partition coefficient (Wildman–Crippen LogP) is 9.11. The summed E-state index contributed by atoms with van der Waals surface area (Å²) >= 11 is 0. The van der Waals surface area contributed by atoms with E-state index in [4.69, 9.17) is 19.5 Å². The van der Waals surface area contributed by atoms with Gasteiger partial charge in [0, 0.05) is 11.1 Å². The minimum absolute atomic E-state index is 0.162. The zero-order chi connectivity index (χ0) is 32.3. The first-order valence-corrected chi connectivity index (χ1v) is 16.6. The zero-order valence-electron chi connectivity index (χ0n) is 25.5. The molecule has 47 heavy (non-hydrogen) atoms. The van der Waals surface area contributed by atoms with Gasteiger partial charge in [-0.25, -0.2) is 18.4 Å². The number of hydrogen-bond acceptors (Lipinski definition) is 6. The van der Waals surface area contributed by atoms with Crippen molar-refractivity contribution < 1.29 is 17.9 Å². The Kier molecular flexibility index (Phi) is 9.95. The molecule has 0 aromatic heterocycles. The molecule has 0 bridgehead atoms. The summed E-state index contributed by atoms with van der Waals surface area (Å²) < 4.78 is 39.3. The Morgan fingerprint density at radius 3 is 1.09 bits per heavy atom. The van der Waals surface area contributed by atoms with Gasteiger partial charge in [0.2, 0.25) is 21.6 Å². The maximum atomic E-state index is 13.5. The zero-order valence-corrected chi connectivity index (χ0v) is 26.3. The average molecular weight is 637 g/mol. The molecule has 0 amide bonds. The molecule has 0 saturated heterocycles. The molecule has 0 heterocycles. The third-order valence-corrected chi connectivity index (χ3v) is 9.02. The Balaban J connectivity index is 1.20. The molecule has 0 radical (unpaired) electrons. The smallest absolute Gasteiger partial charge is 0.221 e. The van der Waals surface area contributed by atoms with E-state index < -0.39 is 9.84 Å². The van der Waals surface area contributed by atoms with E-state index in [2.05, 4.69) is 0 Å². The number of hydrogen-bond donors (Lipinski definition) is 0. The molecule has 0 saturated carbocycles. The molecule has 0 atom stereocenters. The van der Waals surface area contributed by atoms with E-state index in [9.17, 15) is 8.42 Å². The van der Waals surface area contributed by atoms with Crippen LogP contribution in [0.25, 0.3) is 0 Å². The number of ether oxygens (including phenoxy) is 2. The van der Waals surface area contributed by atoms with Crippen LogP contribution in [0.1, 0.15) is 22.3 Å². The normalized spacial score (nSPS) is 12.0. The molecule has 0 unspecified atom stereocenters. The Hall–Kier alpha value is -5.79. The highest BCUT2D eigenvalue weighted by Crippen LogP contribution is 2.26. The molecule has 6 aromatic carbocycles. The van der Waals surface area contributed by atoms with Crippen LogP contribution >= 0.6 is 0 Å². The summed E-state index contributed by atoms with van der Waals surface area (Å²) in [6.45, 7) is 0.708. The van der Waals surface area contributed by atoms with Crippen molar-refractivity contribution >= 4 is 33.0 Å². The van der Waals surface area contributed by atoms with Gasteiger partial charge in [-0.2, -0.15) is 0 Å². The molecular weight excluding hydrogens is 605 g/mol. The van der Waals surface area contributed by atoms with Gasteiger partial charge >= 0.3 is 0 Å². The van der Waals surface area contributed by atoms with Crippen LogP contribution in [0.15, 0.2) is 190 Å². The van der Waals surface area contributed by atoms with Gasteiger partial charge < -0.3 is 9.47 Å². The van der Waals surface area contributed by atoms with Gasteiger partial charge in [0.1, 0.15) is 13.2 Å². The second-order valence-corrected chi connectivity index (χ2v) is 12.6. The lowest BCUT2D eigenvalue weighted by atomic mass is 10.2. The quantitative estimate of drug-likeness (QED) is 0.111. The van der Waals surface area contributed by atoms with Crippen LogP contribution in [0.4, 0.5) is 11.4 Å². The molecule has 0 fully saturated rings. The maximum Gasteiger partial charge on any atom is 0.221 e. The standard InChI is InChI=1S/C40H32N2O4S/c43-47(44,37-25-21-35(22-26-37)41-39(33-17-9-3-10-18-33)45-29-31-13-5-1-6-14-31)38-27-23-36(24-28-38)42-40(34-19-11-4-12-20-34)46-30-32-15-7-2-8-16-32/h1-28H,29-30H2. The minimum atomic E-state index is -3.79. The molecule has 6 rings (SSSR count). The van der Waals surface area contributed by atoms with Gasteiger partial charge in [0.05, 0.1) is 21.2 Å². The fourth-order valence-corrected chi connectivity index (χ4v) is 6.00. The highest BCUT2D eigenvalue weighted by Gasteiger charge is 2.18. The first kappa shape index (κ1) is 31.2. The first-order chi connectivity index (χ1) is 23.0. The van der Waals surface area contributed by atoms with Crippen LogP contribution in [-0.2, 0) is 32.5 Å². The number of sulfone groups is 1. The predicted molar refractivity (Wildman–Crippen MR) is 186 cm³/mol. The summed E-state index contributed by atoms with van der Waals surface area (Å²) in [6.07, 6.45) is 0. The van der Waals surface area contributed by atoms with Crippen molar-refractivity contribution in [2.45, 2.75) is 23.0 Å². The first-order valence-electron chi connectivity index (χ1n) is 15.1. The molecule has 6 nitrogen and oxygen atoms in total. The van der Waals surface area contributed by atoms with Crippen molar-refractivity contribution in [1.82, 2.24) is 0 Å². The fraction of sp³-hybridized carbons (Fsp3) is 0.0500. The van der Waals surface area contributed by atoms with Crippen molar-refractivity contribution in [2.75, 3.05) is 0 Å². The maximum absolute atomic E-state index is 13.5. The SMILES string of the molecule is O=S(=O)(c1ccc(N=C(OCc2ccccc2)c2ccccc2)cc1)c1ccc(N=C(OCc2ccccc2)c2ccccc2)cc1. The summed E-state index contributed by atoms with van der Waals surface area (Å²) in [5.41, 5.74) is 4.83. The molecule has 7 heteroatoms. The Labute approximate surface area is 275 Å². The van der Waals surface area contributed by atoms with Crippen LogP contribution in [0, 0.1) is 0 Å². The van der Waals surface area contributed by atoms with Crippen LogP contribution in [-0.4, -0.2) is 20.2 Å². The second-order valence-electron chi connectivity index (χ2n) is 10.6. The Morgan fingerprint density at radius 1 is 0.426 bits per heavy atom. The highest BCUT2D eigenvalue weighted by atomic mass is 32.2. The lowest BCUT2D eigenvalue weighted by molar-refractivity contribution is 0.294. The van der Waals surface area contributed by atoms with E-state index >= 15 is 0 Å². The van der Waals surface area contributed by atoms with E-state index in [1.54, 1.807) is 48.5 Å². The van der Waals surface area contributed by atoms with Crippen LogP contribution in [0.2, 0.25) is 0 Å². The van der Waals surface area contributed by atoms with E-state index in [1.807, 2.05) is 121 Å². The summed E-state index contributed by atoms with van der Waals surface area (Å²) in [5, 5.41) is 0. The van der Waals surface area contributed by atoms with E-state index in [1.165, 1.54) is 0 Å². The monoisotopic (exact) mass is 636 g/mol. The van der Waals surface area contributed by atoms with Crippen LogP contribution in [0.3, 0.4) is 0 Å². The fourth-order valence-electron chi connectivity index (χ4n) is 4.74. The molecule has 0 aliphatic heterocycles. The number of aliphatic imine (C=N–C) groups is 2. The Bertz CT molecular complexity index is 1900. The van der Waals surface area contributed by atoms with Gasteiger partial charge in [-0.3, -0.25) is 0 Å². The summed E-state index contributed by atoms with van der Waals surface area (Å²) in [7, 11) is -3.79. The van der Waals surface area contributed by atoms with Gasteiger partial charge in [-0.05, 0) is 83.9 Å². The third kappa shape index (κ3) is 8.28. The molecule has 232 valence electrons. The van der Waals surface area contributed by atoms with Crippen molar-refractivity contribution in [3.8, 4) is 0 Å². The molecule has 0 N–H and O–H groups in total. The topological polar surface area (TPSA) is 77.3 Å². The molecule has 0 spiro atoms. The summed E-state index contributed by atoms with van der Waals surface area (Å²) in [6, 6.07) is 51.9. The van der Waals surface area contributed by atoms with Crippen molar-refractivity contribution in [1.29, 1.82) is 0 Å². The lowest BCUT2D eigenvalue weighted by Gasteiger charge is -2.11. The van der Waals surface area contributed by atoms with Crippen LogP contribution in [0.5, 0.6) is 0 Å². The number of nitrogens with zero attached hydrogens (tertiary/aromatic N) is 2. The molecule has 0 aliphatic carbocycles. The molecule has 6 aromatic rings. The van der Waals surface area contributed by atoms with E-state index in [-0.39, 0.29) is 9.79 Å². The van der Waals surface area contributed by atoms with Crippen molar-refractivity contribution in [3.05, 3.63) is 192 Å². The summed E-state index contributed by atoms with van der Waals surface area (Å²) in [4.78, 5) is 9.75. The number of rotatable bonds is 10. The minimum Gasteiger partial charge on any atom is -0.472 e. The van der Waals surface area contributed by atoms with Gasteiger partial charge in [0.15, 0.2) is 0 Å². The Morgan fingerprint density at radius 2 is 0.745 bits per heavy atom. The van der Waals surface area contributed by atoms with Gasteiger partial charge in [-0.15, -0.1) is 0 Å². The number of benzene rings is 6. The summed E-state index contributed by atoms with van der Waals surface area (Å²) in [5.74, 6) is 0.896. The average Bonchev–Trinajstić information content (AvgIpc) is 3.14. The van der Waals surface area contributed by atoms with E-state index in [0.29, 0.717) is 36.4 Å². The second kappa shape index (κ2) is 15.0. The molecular formula is C40H32N2O4S. The van der Waals surface area contributed by atoms with Gasteiger partial charge in [-0.1, -0.05) is 97.1 Å². The molecule has 0 aliphatic rings. The lowest BCUT2D eigenvalue weighted by Crippen LogP contribution is -2.07. The van der Waals surface area contributed by atoms with Gasteiger partial charge in [0.25, 0.3) is 0 Å². The van der Waals surface area contributed by atoms with Crippen LogP contribution < -0.4 is 0 Å². The highest BCUT2D eigenvalue weighted by molar-refractivity contribution is 7.91. The van der Waals surface area contributed by atoms with Crippen molar-refractivity contribution in [3.63, 3.8) is 0 Å². The van der Waals surface area contributed by atoms with Crippen molar-refractivity contribution in [2.24, 2.45) is 9.98 Å².